The Morgan fingerprint density at radius 1 is 0.939 bits per heavy atom. The van der Waals surface area contributed by atoms with Crippen LogP contribution >= 0.6 is 0 Å². The van der Waals surface area contributed by atoms with E-state index in [1.165, 1.54) is 14.2 Å². The maximum Gasteiger partial charge on any atom is 0.225 e. The molecule has 1 amide bonds. The second-order valence-electron chi connectivity index (χ2n) is 8.74. The van der Waals surface area contributed by atoms with E-state index in [0.717, 1.165) is 11.3 Å². The number of carbonyl (C=O) groups is 2. The van der Waals surface area contributed by atoms with Crippen molar-refractivity contribution in [1.29, 1.82) is 0 Å². The zero-order chi connectivity index (χ0) is 23.7. The first kappa shape index (κ1) is 22.7. The van der Waals surface area contributed by atoms with Crippen molar-refractivity contribution in [2.45, 2.75) is 51.0 Å². The lowest BCUT2D eigenvalue weighted by molar-refractivity contribution is -0.122. The quantitative estimate of drug-likeness (QED) is 0.684. The number of nitrogens with one attached hydrogen (secondary N) is 1. The van der Waals surface area contributed by atoms with Crippen molar-refractivity contribution in [3.63, 3.8) is 0 Å². The number of amides is 1. The number of hydrogen-bond acceptors (Lipinski definition) is 6. The summed E-state index contributed by atoms with van der Waals surface area (Å²) in [7, 11) is 2.90. The largest absolute Gasteiger partial charge is 0.502 e. The van der Waals surface area contributed by atoms with Crippen molar-refractivity contribution < 1.29 is 28.9 Å². The fourth-order valence-electron chi connectivity index (χ4n) is 4.69. The molecule has 2 aromatic rings. The molecule has 33 heavy (non-hydrogen) atoms. The van der Waals surface area contributed by atoms with Crippen LogP contribution < -0.4 is 19.5 Å². The average Bonchev–Trinajstić information content (AvgIpc) is 2.78. The number of phenolic OH excluding ortho intramolecular Hbond substituents is 1. The summed E-state index contributed by atoms with van der Waals surface area (Å²) in [5, 5.41) is 13.2. The van der Waals surface area contributed by atoms with Gasteiger partial charge in [-0.15, -0.1) is 0 Å². The minimum absolute atomic E-state index is 0.0137. The van der Waals surface area contributed by atoms with Gasteiger partial charge < -0.3 is 24.6 Å². The number of hydrogen-bond donors (Lipinski definition) is 2. The van der Waals surface area contributed by atoms with Gasteiger partial charge in [-0.3, -0.25) is 9.59 Å². The molecule has 7 nitrogen and oxygen atoms in total. The predicted octanol–water partition coefficient (Wildman–Crippen LogP) is 4.20. The molecule has 0 spiro atoms. The van der Waals surface area contributed by atoms with E-state index in [1.807, 2.05) is 38.1 Å². The molecule has 0 fully saturated rings. The lowest BCUT2D eigenvalue weighted by Crippen LogP contribution is -2.38. The number of rotatable bonds is 6. The number of ketones is 1. The summed E-state index contributed by atoms with van der Waals surface area (Å²) in [6, 6.07) is 11.1. The highest BCUT2D eigenvalue weighted by Gasteiger charge is 2.38. The van der Waals surface area contributed by atoms with E-state index in [4.69, 9.17) is 14.2 Å². The Kier molecular flexibility index (Phi) is 6.31. The fraction of sp³-hybridized carbons (Fsp3) is 0.385. The Balaban J connectivity index is 1.67. The predicted molar refractivity (Wildman–Crippen MR) is 123 cm³/mol. The van der Waals surface area contributed by atoms with Crippen molar-refractivity contribution in [1.82, 2.24) is 5.32 Å². The highest BCUT2D eigenvalue weighted by molar-refractivity contribution is 6.02. The van der Waals surface area contributed by atoms with Gasteiger partial charge in [-0.05, 0) is 61.6 Å². The molecule has 4 rings (SSSR count). The van der Waals surface area contributed by atoms with Crippen LogP contribution in [0.5, 0.6) is 23.0 Å². The number of carbonyl (C=O) groups excluding carboxylic acids is 2. The maximum absolute atomic E-state index is 13.3. The van der Waals surface area contributed by atoms with Gasteiger partial charge in [-0.25, -0.2) is 0 Å². The Labute approximate surface area is 193 Å². The third kappa shape index (κ3) is 4.53. The number of phenols is 1. The Morgan fingerprint density at radius 2 is 1.58 bits per heavy atom. The van der Waals surface area contributed by atoms with E-state index in [1.54, 1.807) is 12.1 Å². The van der Waals surface area contributed by atoms with E-state index >= 15 is 0 Å². The molecular weight excluding hydrogens is 422 g/mol. The van der Waals surface area contributed by atoms with Crippen molar-refractivity contribution in [2.24, 2.45) is 0 Å². The van der Waals surface area contributed by atoms with E-state index < -0.39 is 5.92 Å². The molecule has 2 N–H and O–H groups in total. The van der Waals surface area contributed by atoms with Crippen LogP contribution in [0.25, 0.3) is 0 Å². The zero-order valence-corrected chi connectivity index (χ0v) is 19.3. The van der Waals surface area contributed by atoms with Crippen LogP contribution in [0.3, 0.4) is 0 Å². The number of allylic oxidation sites excluding steroid dienone is 2. The fourth-order valence-corrected chi connectivity index (χ4v) is 4.69. The second-order valence-corrected chi connectivity index (χ2v) is 8.74. The summed E-state index contributed by atoms with van der Waals surface area (Å²) in [6.45, 7) is 3.95. The summed E-state index contributed by atoms with van der Waals surface area (Å²) in [5.74, 6) is 0.582. The van der Waals surface area contributed by atoms with E-state index in [-0.39, 0.29) is 47.4 Å². The van der Waals surface area contributed by atoms with Gasteiger partial charge >= 0.3 is 0 Å². The highest BCUT2D eigenvalue weighted by atomic mass is 16.5. The highest BCUT2D eigenvalue weighted by Crippen LogP contribution is 2.46. The third-order valence-electron chi connectivity index (χ3n) is 6.16. The van der Waals surface area contributed by atoms with Gasteiger partial charge in [0.15, 0.2) is 17.3 Å². The van der Waals surface area contributed by atoms with Gasteiger partial charge in [0.2, 0.25) is 11.7 Å². The van der Waals surface area contributed by atoms with Crippen LogP contribution in [0, 0.1) is 0 Å². The molecule has 1 aliphatic carbocycles. The summed E-state index contributed by atoms with van der Waals surface area (Å²) >= 11 is 0. The molecule has 0 bridgehead atoms. The number of Topliss-reactive ketones (excluding diaryl/α,β-unsaturated/α-hetero) is 1. The van der Waals surface area contributed by atoms with E-state index in [9.17, 15) is 14.7 Å². The normalized spacial score (nSPS) is 20.4. The topological polar surface area (TPSA) is 94.1 Å². The molecule has 7 heteroatoms. The third-order valence-corrected chi connectivity index (χ3v) is 6.16. The maximum atomic E-state index is 13.3. The molecule has 0 unspecified atom stereocenters. The molecule has 0 radical (unpaired) electrons. The molecule has 2 aliphatic rings. The minimum Gasteiger partial charge on any atom is -0.502 e. The van der Waals surface area contributed by atoms with Gasteiger partial charge in [-0.1, -0.05) is 12.1 Å². The van der Waals surface area contributed by atoms with Crippen LogP contribution in [0.2, 0.25) is 0 Å². The molecule has 1 heterocycles. The summed E-state index contributed by atoms with van der Waals surface area (Å²) in [4.78, 5) is 25.9. The van der Waals surface area contributed by atoms with Crippen molar-refractivity contribution in [3.05, 3.63) is 58.8 Å². The number of ether oxygens (including phenoxy) is 3. The van der Waals surface area contributed by atoms with Crippen LogP contribution in [0.15, 0.2) is 47.7 Å². The first-order chi connectivity index (χ1) is 15.8. The van der Waals surface area contributed by atoms with Crippen LogP contribution in [-0.4, -0.2) is 37.1 Å². The molecule has 0 saturated heterocycles. The summed E-state index contributed by atoms with van der Waals surface area (Å²) in [5.41, 5.74) is 3.03. The molecular formula is C26H29NO6. The van der Waals surface area contributed by atoms with Crippen molar-refractivity contribution in [2.75, 3.05) is 14.2 Å². The smallest absolute Gasteiger partial charge is 0.225 e. The van der Waals surface area contributed by atoms with Gasteiger partial charge in [-0.2, -0.15) is 0 Å². The van der Waals surface area contributed by atoms with E-state index in [2.05, 4.69) is 5.32 Å². The Hall–Kier alpha value is -3.48. The molecule has 2 aromatic carbocycles. The van der Waals surface area contributed by atoms with Gasteiger partial charge in [0.1, 0.15) is 5.75 Å². The number of aromatic hydroxyl groups is 1. The van der Waals surface area contributed by atoms with Crippen LogP contribution in [0.1, 0.15) is 56.1 Å². The molecule has 1 aliphatic heterocycles. The first-order valence-electron chi connectivity index (χ1n) is 11.1. The Bertz CT molecular complexity index is 1080. The standard InChI is InChI=1S/C26H29NO6/c1-14(2)33-18-7-5-15(6-8-18)16-9-20-25(21(28)10-16)19(13-24(29)27-20)17-11-22(31-3)26(30)23(12-17)32-4/h5-8,11-12,14,16,19,30H,9-10,13H2,1-4H3,(H,27,29)/t16-,19+/m1/s1. The lowest BCUT2D eigenvalue weighted by Gasteiger charge is -2.34. The van der Waals surface area contributed by atoms with Crippen molar-refractivity contribution >= 4 is 11.7 Å². The molecule has 2 atom stereocenters. The monoisotopic (exact) mass is 451 g/mol. The summed E-state index contributed by atoms with van der Waals surface area (Å²) in [6.07, 6.45) is 1.17. The first-order valence-corrected chi connectivity index (χ1v) is 11.1. The Morgan fingerprint density at radius 3 is 2.15 bits per heavy atom. The SMILES string of the molecule is COc1cc([C@@H]2CC(=O)NC3=C2C(=O)C[C@H](c2ccc(OC(C)C)cc2)C3)cc(OC)c1O. The number of benzene rings is 2. The van der Waals surface area contributed by atoms with Gasteiger partial charge in [0.05, 0.1) is 20.3 Å². The summed E-state index contributed by atoms with van der Waals surface area (Å²) < 4.78 is 16.3. The van der Waals surface area contributed by atoms with Gasteiger partial charge in [0.25, 0.3) is 0 Å². The molecule has 0 aromatic heterocycles. The molecule has 174 valence electrons. The minimum atomic E-state index is -0.424. The van der Waals surface area contributed by atoms with Crippen LogP contribution in [-0.2, 0) is 9.59 Å². The van der Waals surface area contributed by atoms with Crippen LogP contribution in [0.4, 0.5) is 0 Å². The average molecular weight is 452 g/mol. The molecule has 0 saturated carbocycles. The zero-order valence-electron chi connectivity index (χ0n) is 19.3. The second kappa shape index (κ2) is 9.17. The van der Waals surface area contributed by atoms with Crippen molar-refractivity contribution in [3.8, 4) is 23.0 Å². The van der Waals surface area contributed by atoms with E-state index in [0.29, 0.717) is 29.7 Å². The van der Waals surface area contributed by atoms with Gasteiger partial charge in [0, 0.05) is 30.0 Å². The number of methoxy groups -OCH3 is 2. The lowest BCUT2D eigenvalue weighted by atomic mass is 9.73.